The van der Waals surface area contributed by atoms with E-state index in [4.69, 9.17) is 6.57 Å². The molecule has 0 unspecified atom stereocenters. The summed E-state index contributed by atoms with van der Waals surface area (Å²) in [6.45, 7) is 8.56. The van der Waals surface area contributed by atoms with E-state index in [0.29, 0.717) is 43.6 Å². The first kappa shape index (κ1) is 31.0. The highest BCUT2D eigenvalue weighted by Crippen LogP contribution is 2.50. The van der Waals surface area contributed by atoms with Crippen molar-refractivity contribution in [3.05, 3.63) is 76.4 Å². The number of hydrogen-bond acceptors (Lipinski definition) is 4. The fourth-order valence-corrected chi connectivity index (χ4v) is 4.52. The standard InChI is InChI=1S/C27H26F7N5O3/c1-35-24(8-9-24)16-36-23(41)37-21-7-4-18(14-20(21)28)22(40)39-12-10-38(11-13-39)15-17-2-5-19(6-3-17)25(42,26(29,30)31)27(32,33)34/h2-7,14,42H,8-13,15-16H2,(H2,36,37,41). The third-order valence-electron chi connectivity index (χ3n) is 7.36. The first-order valence-electron chi connectivity index (χ1n) is 12.8. The summed E-state index contributed by atoms with van der Waals surface area (Å²) in [6.07, 6.45) is -10.6. The van der Waals surface area contributed by atoms with Gasteiger partial charge in [-0.05, 0) is 23.8 Å². The van der Waals surface area contributed by atoms with Gasteiger partial charge in [-0.25, -0.2) is 15.8 Å². The van der Waals surface area contributed by atoms with E-state index in [1.54, 1.807) is 0 Å². The van der Waals surface area contributed by atoms with Gasteiger partial charge in [-0.1, -0.05) is 24.3 Å². The van der Waals surface area contributed by atoms with Gasteiger partial charge in [-0.2, -0.15) is 26.3 Å². The molecule has 8 nitrogen and oxygen atoms in total. The summed E-state index contributed by atoms with van der Waals surface area (Å²) in [6, 6.07) is 6.25. The van der Waals surface area contributed by atoms with Crippen LogP contribution in [0.15, 0.2) is 42.5 Å². The minimum atomic E-state index is -5.97. The molecule has 2 aromatic carbocycles. The molecule has 2 aliphatic rings. The quantitative estimate of drug-likeness (QED) is 0.318. The minimum absolute atomic E-state index is 0.0502. The van der Waals surface area contributed by atoms with E-state index in [1.165, 1.54) is 17.0 Å². The topological polar surface area (TPSA) is 89.3 Å². The molecule has 1 aliphatic carbocycles. The van der Waals surface area contributed by atoms with Crippen molar-refractivity contribution in [1.29, 1.82) is 0 Å². The fraction of sp³-hybridized carbons (Fsp3) is 0.444. The SMILES string of the molecule is [C-]#[N+]C1(CNC(=O)Nc2ccc(C(=O)N3CCN(Cc4ccc(C(O)(C(F)(F)F)C(F)(F)F)cc4)CC3)cc2F)CC1. The van der Waals surface area contributed by atoms with E-state index < -0.39 is 46.8 Å². The molecule has 0 spiro atoms. The van der Waals surface area contributed by atoms with Crippen LogP contribution in [0.3, 0.4) is 0 Å². The van der Waals surface area contributed by atoms with Gasteiger partial charge >= 0.3 is 18.4 Å². The van der Waals surface area contributed by atoms with E-state index in [9.17, 15) is 45.4 Å². The molecule has 0 atom stereocenters. The van der Waals surface area contributed by atoms with Gasteiger partial charge in [-0.15, -0.1) is 0 Å². The van der Waals surface area contributed by atoms with Gasteiger partial charge in [0.05, 0.1) is 12.2 Å². The highest BCUT2D eigenvalue weighted by Gasteiger charge is 2.71. The molecular weight excluding hydrogens is 575 g/mol. The van der Waals surface area contributed by atoms with Crippen LogP contribution in [0, 0.1) is 12.4 Å². The zero-order valence-corrected chi connectivity index (χ0v) is 21.9. The lowest BCUT2D eigenvalue weighted by atomic mass is 9.91. The summed E-state index contributed by atoms with van der Waals surface area (Å²) < 4.78 is 93.2. The normalized spacial score (nSPS) is 17.4. The van der Waals surface area contributed by atoms with E-state index in [-0.39, 0.29) is 37.4 Å². The molecular formula is C27H26F7N5O3. The average molecular weight is 602 g/mol. The van der Waals surface area contributed by atoms with Crippen LogP contribution in [0.4, 0.5) is 41.2 Å². The zero-order chi connectivity index (χ0) is 30.9. The van der Waals surface area contributed by atoms with Crippen LogP contribution in [-0.4, -0.2) is 77.5 Å². The number of anilines is 1. The van der Waals surface area contributed by atoms with Crippen LogP contribution in [0.1, 0.15) is 34.3 Å². The van der Waals surface area contributed by atoms with Crippen LogP contribution in [0.2, 0.25) is 0 Å². The first-order valence-corrected chi connectivity index (χ1v) is 12.8. The Morgan fingerprint density at radius 2 is 1.55 bits per heavy atom. The van der Waals surface area contributed by atoms with Gasteiger partial charge in [0.25, 0.3) is 11.5 Å². The Bertz CT molecular complexity index is 1350. The number of alkyl halides is 6. The maximum atomic E-state index is 14.6. The molecule has 0 bridgehead atoms. The molecule has 42 heavy (non-hydrogen) atoms. The van der Waals surface area contributed by atoms with Crippen LogP contribution >= 0.6 is 0 Å². The fourth-order valence-electron chi connectivity index (χ4n) is 4.52. The number of rotatable bonds is 7. The third-order valence-corrected chi connectivity index (χ3v) is 7.36. The second-order valence-electron chi connectivity index (χ2n) is 10.3. The largest absolute Gasteiger partial charge is 0.430 e. The number of piperazine rings is 1. The third kappa shape index (κ3) is 6.44. The molecule has 1 heterocycles. The van der Waals surface area contributed by atoms with E-state index in [0.717, 1.165) is 18.2 Å². The highest BCUT2D eigenvalue weighted by atomic mass is 19.4. The van der Waals surface area contributed by atoms with Gasteiger partial charge < -0.3 is 25.5 Å². The van der Waals surface area contributed by atoms with Crippen LogP contribution in [0.25, 0.3) is 4.85 Å². The van der Waals surface area contributed by atoms with Crippen LogP contribution in [-0.2, 0) is 12.1 Å². The number of nitrogens with one attached hydrogen (secondary N) is 2. The Morgan fingerprint density at radius 1 is 0.952 bits per heavy atom. The van der Waals surface area contributed by atoms with Crippen LogP contribution in [0.5, 0.6) is 0 Å². The number of urea groups is 1. The predicted octanol–water partition coefficient (Wildman–Crippen LogP) is 4.67. The smallest absolute Gasteiger partial charge is 0.369 e. The Hall–Kier alpha value is -3.90. The summed E-state index contributed by atoms with van der Waals surface area (Å²) in [7, 11) is 0. The molecule has 226 valence electrons. The number of amides is 3. The molecule has 3 N–H and O–H groups in total. The Labute approximate surface area is 235 Å². The molecule has 0 radical (unpaired) electrons. The average Bonchev–Trinajstić information content (AvgIpc) is 3.72. The Morgan fingerprint density at radius 3 is 2.05 bits per heavy atom. The van der Waals surface area contributed by atoms with Crippen molar-refractivity contribution in [2.45, 2.75) is 42.9 Å². The van der Waals surface area contributed by atoms with E-state index in [1.807, 2.05) is 4.90 Å². The number of nitrogens with zero attached hydrogens (tertiary/aromatic N) is 3. The van der Waals surface area contributed by atoms with Crippen molar-refractivity contribution < 1.29 is 45.4 Å². The monoisotopic (exact) mass is 601 g/mol. The summed E-state index contributed by atoms with van der Waals surface area (Å²) >= 11 is 0. The van der Waals surface area contributed by atoms with Gasteiger partial charge in [0, 0.05) is 56.7 Å². The van der Waals surface area contributed by atoms with Gasteiger partial charge in [-0.3, -0.25) is 9.69 Å². The van der Waals surface area contributed by atoms with Crippen molar-refractivity contribution in [2.75, 3.05) is 38.0 Å². The lowest BCUT2D eigenvalue weighted by molar-refractivity contribution is -0.376. The van der Waals surface area contributed by atoms with Gasteiger partial charge in [0.1, 0.15) is 5.82 Å². The van der Waals surface area contributed by atoms with E-state index in [2.05, 4.69) is 15.5 Å². The number of hydrogen-bond donors (Lipinski definition) is 3. The molecule has 0 aromatic heterocycles. The lowest BCUT2D eigenvalue weighted by Gasteiger charge is -2.35. The minimum Gasteiger partial charge on any atom is -0.369 e. The highest BCUT2D eigenvalue weighted by molar-refractivity contribution is 5.95. The van der Waals surface area contributed by atoms with Gasteiger partial charge in [0.2, 0.25) is 5.54 Å². The second kappa shape index (κ2) is 11.4. The maximum Gasteiger partial charge on any atom is 0.430 e. The number of benzene rings is 2. The lowest BCUT2D eigenvalue weighted by Crippen LogP contribution is -2.53. The molecule has 4 rings (SSSR count). The molecule has 2 fully saturated rings. The molecule has 3 amide bonds. The van der Waals surface area contributed by atoms with Crippen molar-refractivity contribution in [3.8, 4) is 0 Å². The zero-order valence-electron chi connectivity index (χ0n) is 21.9. The van der Waals surface area contributed by atoms with Crippen molar-refractivity contribution in [3.63, 3.8) is 0 Å². The number of aliphatic hydroxyl groups is 1. The predicted molar refractivity (Wildman–Crippen MR) is 136 cm³/mol. The van der Waals surface area contributed by atoms with Crippen molar-refractivity contribution in [2.24, 2.45) is 0 Å². The number of carbonyl (C=O) groups excluding carboxylic acids is 2. The summed E-state index contributed by atoms with van der Waals surface area (Å²) in [5.41, 5.74) is -6.61. The molecule has 1 saturated heterocycles. The van der Waals surface area contributed by atoms with Crippen LogP contribution < -0.4 is 10.6 Å². The second-order valence-corrected chi connectivity index (χ2v) is 10.3. The molecule has 1 aliphatic heterocycles. The van der Waals surface area contributed by atoms with Crippen molar-refractivity contribution in [1.82, 2.24) is 15.1 Å². The maximum absolute atomic E-state index is 14.6. The van der Waals surface area contributed by atoms with Crippen molar-refractivity contribution >= 4 is 17.6 Å². The summed E-state index contributed by atoms with van der Waals surface area (Å²) in [5, 5.41) is 14.4. The first-order chi connectivity index (χ1) is 19.6. The van der Waals surface area contributed by atoms with E-state index >= 15 is 0 Å². The number of carbonyl (C=O) groups is 2. The number of halogens is 7. The Kier molecular flexibility index (Phi) is 8.43. The van der Waals surface area contributed by atoms with Gasteiger partial charge in [0.15, 0.2) is 0 Å². The molecule has 2 aromatic rings. The molecule has 15 heteroatoms. The summed E-state index contributed by atoms with van der Waals surface area (Å²) in [5.74, 6) is -1.28. The Balaban J connectivity index is 1.30. The summed E-state index contributed by atoms with van der Waals surface area (Å²) in [4.78, 5) is 31.7. The molecule has 1 saturated carbocycles.